The van der Waals surface area contributed by atoms with Crippen molar-refractivity contribution in [3.63, 3.8) is 0 Å². The van der Waals surface area contributed by atoms with Crippen molar-refractivity contribution in [1.29, 1.82) is 0 Å². The lowest BCUT2D eigenvalue weighted by Gasteiger charge is -2.04. The highest BCUT2D eigenvalue weighted by Crippen LogP contribution is 2.14. The third kappa shape index (κ3) is 4.67. The number of ether oxygens (including phenoxy) is 1. The third-order valence-corrected chi connectivity index (χ3v) is 2.98. The van der Waals surface area contributed by atoms with Crippen molar-refractivity contribution in [3.8, 4) is 5.75 Å². The Labute approximate surface area is 134 Å². The summed E-state index contributed by atoms with van der Waals surface area (Å²) in [5.41, 5.74) is 4.28. The van der Waals surface area contributed by atoms with E-state index in [0.29, 0.717) is 17.0 Å². The second kappa shape index (κ2) is 7.74. The minimum Gasteiger partial charge on any atom is -0.496 e. The molecule has 0 aliphatic heterocycles. The molecule has 23 heavy (non-hydrogen) atoms. The van der Waals surface area contributed by atoms with Crippen LogP contribution in [-0.2, 0) is 4.79 Å². The molecule has 6 heteroatoms. The maximum absolute atomic E-state index is 12.0. The van der Waals surface area contributed by atoms with Crippen molar-refractivity contribution >= 4 is 23.7 Å². The number of hydrogen-bond acceptors (Lipinski definition) is 4. The van der Waals surface area contributed by atoms with Crippen LogP contribution in [0.3, 0.4) is 0 Å². The number of para-hydroxylation sites is 1. The van der Waals surface area contributed by atoms with E-state index in [-0.39, 0.29) is 11.8 Å². The Balaban J connectivity index is 1.99. The summed E-state index contributed by atoms with van der Waals surface area (Å²) in [6.45, 7) is 1.42. The van der Waals surface area contributed by atoms with Crippen LogP contribution in [0.4, 0.5) is 5.69 Å². The molecule has 0 aliphatic carbocycles. The number of hydrazone groups is 1. The van der Waals surface area contributed by atoms with Gasteiger partial charge in [0.1, 0.15) is 5.75 Å². The molecular formula is C17H17N3O3. The van der Waals surface area contributed by atoms with Crippen LogP contribution in [-0.4, -0.2) is 25.1 Å². The summed E-state index contributed by atoms with van der Waals surface area (Å²) in [6.07, 6.45) is 1.52. The Morgan fingerprint density at radius 3 is 2.43 bits per heavy atom. The Kier molecular flexibility index (Phi) is 5.46. The summed E-state index contributed by atoms with van der Waals surface area (Å²) < 4.78 is 5.19. The van der Waals surface area contributed by atoms with E-state index < -0.39 is 0 Å². The second-order valence-electron chi connectivity index (χ2n) is 4.70. The molecule has 2 aromatic carbocycles. The Bertz CT molecular complexity index is 724. The molecule has 0 heterocycles. The first-order valence-electron chi connectivity index (χ1n) is 6.94. The highest BCUT2D eigenvalue weighted by atomic mass is 16.5. The van der Waals surface area contributed by atoms with E-state index in [0.717, 1.165) is 5.56 Å². The SMILES string of the molecule is COc1ccccc1C=NNC(=O)c1ccc(NC(C)=O)cc1. The first kappa shape index (κ1) is 16.2. The Hall–Kier alpha value is -3.15. The van der Waals surface area contributed by atoms with Gasteiger partial charge in [-0.1, -0.05) is 12.1 Å². The molecule has 0 saturated heterocycles. The molecule has 0 fully saturated rings. The lowest BCUT2D eigenvalue weighted by atomic mass is 10.2. The van der Waals surface area contributed by atoms with Gasteiger partial charge in [0.2, 0.25) is 5.91 Å². The highest BCUT2D eigenvalue weighted by molar-refractivity contribution is 5.96. The minimum atomic E-state index is -0.342. The topological polar surface area (TPSA) is 79.8 Å². The number of amides is 2. The van der Waals surface area contributed by atoms with Gasteiger partial charge in [-0.15, -0.1) is 0 Å². The normalized spacial score (nSPS) is 10.3. The molecule has 0 spiro atoms. The largest absolute Gasteiger partial charge is 0.496 e. The first-order valence-corrected chi connectivity index (χ1v) is 6.94. The van der Waals surface area contributed by atoms with E-state index in [1.54, 1.807) is 31.4 Å². The summed E-state index contributed by atoms with van der Waals surface area (Å²) in [5, 5.41) is 6.56. The third-order valence-electron chi connectivity index (χ3n) is 2.98. The molecule has 0 bridgehead atoms. The van der Waals surface area contributed by atoms with Crippen molar-refractivity contribution < 1.29 is 14.3 Å². The number of carbonyl (C=O) groups is 2. The molecule has 6 nitrogen and oxygen atoms in total. The summed E-state index contributed by atoms with van der Waals surface area (Å²) in [6, 6.07) is 13.9. The number of methoxy groups -OCH3 is 1. The predicted molar refractivity (Wildman–Crippen MR) is 88.8 cm³/mol. The summed E-state index contributed by atoms with van der Waals surface area (Å²) in [4.78, 5) is 22.9. The van der Waals surface area contributed by atoms with Crippen LogP contribution in [0.1, 0.15) is 22.8 Å². The van der Waals surface area contributed by atoms with Gasteiger partial charge in [-0.05, 0) is 36.4 Å². The van der Waals surface area contributed by atoms with Gasteiger partial charge < -0.3 is 10.1 Å². The lowest BCUT2D eigenvalue weighted by molar-refractivity contribution is -0.114. The van der Waals surface area contributed by atoms with Gasteiger partial charge in [0.25, 0.3) is 5.91 Å². The number of anilines is 1. The van der Waals surface area contributed by atoms with Crippen LogP contribution in [0.5, 0.6) is 5.75 Å². The van der Waals surface area contributed by atoms with Gasteiger partial charge >= 0.3 is 0 Å². The van der Waals surface area contributed by atoms with Gasteiger partial charge in [0, 0.05) is 23.7 Å². The van der Waals surface area contributed by atoms with Gasteiger partial charge in [-0.25, -0.2) is 5.43 Å². The highest BCUT2D eigenvalue weighted by Gasteiger charge is 2.04. The van der Waals surface area contributed by atoms with Crippen LogP contribution >= 0.6 is 0 Å². The average molecular weight is 311 g/mol. The number of benzene rings is 2. The fraction of sp³-hybridized carbons (Fsp3) is 0.118. The maximum Gasteiger partial charge on any atom is 0.271 e. The quantitative estimate of drug-likeness (QED) is 0.657. The molecular weight excluding hydrogens is 294 g/mol. The Morgan fingerprint density at radius 1 is 1.09 bits per heavy atom. The molecule has 118 valence electrons. The molecule has 2 aromatic rings. The van der Waals surface area contributed by atoms with Crippen LogP contribution in [0.25, 0.3) is 0 Å². The fourth-order valence-electron chi connectivity index (χ4n) is 1.91. The van der Waals surface area contributed by atoms with Gasteiger partial charge in [0.15, 0.2) is 0 Å². The van der Waals surface area contributed by atoms with E-state index in [4.69, 9.17) is 4.74 Å². The van der Waals surface area contributed by atoms with Crippen LogP contribution in [0.2, 0.25) is 0 Å². The monoisotopic (exact) mass is 311 g/mol. The molecule has 2 rings (SSSR count). The number of rotatable bonds is 5. The zero-order valence-electron chi connectivity index (χ0n) is 12.9. The van der Waals surface area contributed by atoms with Crippen molar-refractivity contribution in [3.05, 3.63) is 59.7 Å². The summed E-state index contributed by atoms with van der Waals surface area (Å²) >= 11 is 0. The Morgan fingerprint density at radius 2 is 1.78 bits per heavy atom. The molecule has 2 amide bonds. The maximum atomic E-state index is 12.0. The number of nitrogens with zero attached hydrogens (tertiary/aromatic N) is 1. The van der Waals surface area contributed by atoms with Crippen molar-refractivity contribution in [2.75, 3.05) is 12.4 Å². The summed E-state index contributed by atoms with van der Waals surface area (Å²) in [7, 11) is 1.57. The smallest absolute Gasteiger partial charge is 0.271 e. The first-order chi connectivity index (χ1) is 11.1. The zero-order valence-corrected chi connectivity index (χ0v) is 12.9. The lowest BCUT2D eigenvalue weighted by Crippen LogP contribution is -2.17. The molecule has 0 atom stereocenters. The molecule has 0 aliphatic rings. The summed E-state index contributed by atoms with van der Waals surface area (Å²) in [5.74, 6) is 0.166. The molecule has 0 unspecified atom stereocenters. The number of carbonyl (C=O) groups excluding carboxylic acids is 2. The van der Waals surface area contributed by atoms with E-state index in [9.17, 15) is 9.59 Å². The fourth-order valence-corrected chi connectivity index (χ4v) is 1.91. The molecule has 0 radical (unpaired) electrons. The van der Waals surface area contributed by atoms with Gasteiger partial charge in [-0.3, -0.25) is 9.59 Å². The van der Waals surface area contributed by atoms with E-state index in [1.165, 1.54) is 13.1 Å². The van der Waals surface area contributed by atoms with Crippen molar-refractivity contribution in [2.24, 2.45) is 5.10 Å². The average Bonchev–Trinajstić information content (AvgIpc) is 2.55. The molecule has 0 aromatic heterocycles. The predicted octanol–water partition coefficient (Wildman–Crippen LogP) is 2.42. The van der Waals surface area contributed by atoms with Crippen molar-refractivity contribution in [1.82, 2.24) is 5.43 Å². The van der Waals surface area contributed by atoms with E-state index in [2.05, 4.69) is 15.8 Å². The van der Waals surface area contributed by atoms with Crippen LogP contribution < -0.4 is 15.5 Å². The van der Waals surface area contributed by atoms with E-state index in [1.807, 2.05) is 24.3 Å². The van der Waals surface area contributed by atoms with Gasteiger partial charge in [-0.2, -0.15) is 5.10 Å². The standard InChI is InChI=1S/C17H17N3O3/c1-12(21)19-15-9-7-13(8-10-15)17(22)20-18-11-14-5-3-4-6-16(14)23-2/h3-11H,1-2H3,(H,19,21)(H,20,22). The molecule has 0 saturated carbocycles. The van der Waals surface area contributed by atoms with Crippen molar-refractivity contribution in [2.45, 2.75) is 6.92 Å². The second-order valence-corrected chi connectivity index (χ2v) is 4.70. The van der Waals surface area contributed by atoms with Crippen LogP contribution in [0, 0.1) is 0 Å². The minimum absolute atomic E-state index is 0.163. The zero-order chi connectivity index (χ0) is 16.7. The van der Waals surface area contributed by atoms with E-state index >= 15 is 0 Å². The number of hydrogen-bond donors (Lipinski definition) is 2. The molecule has 2 N–H and O–H groups in total. The van der Waals surface area contributed by atoms with Crippen LogP contribution in [0.15, 0.2) is 53.6 Å². The van der Waals surface area contributed by atoms with Gasteiger partial charge in [0.05, 0.1) is 13.3 Å². The number of nitrogens with one attached hydrogen (secondary N) is 2.